The van der Waals surface area contributed by atoms with Crippen molar-refractivity contribution < 1.29 is 10.2 Å². The lowest BCUT2D eigenvalue weighted by Gasteiger charge is -2.34. The van der Waals surface area contributed by atoms with Crippen LogP contribution in [0.3, 0.4) is 0 Å². The van der Waals surface area contributed by atoms with Gasteiger partial charge in [0.25, 0.3) is 0 Å². The van der Waals surface area contributed by atoms with Crippen molar-refractivity contribution in [1.29, 1.82) is 0 Å². The number of benzene rings is 5. The van der Waals surface area contributed by atoms with E-state index in [0.717, 1.165) is 17.5 Å². The van der Waals surface area contributed by atoms with E-state index in [1.165, 1.54) is 38.9 Å². The maximum absolute atomic E-state index is 11.3. The van der Waals surface area contributed by atoms with Gasteiger partial charge < -0.3 is 10.2 Å². The highest BCUT2D eigenvalue weighted by Gasteiger charge is 2.33. The van der Waals surface area contributed by atoms with E-state index in [2.05, 4.69) is 146 Å². The Labute approximate surface area is 270 Å². The Morgan fingerprint density at radius 2 is 0.978 bits per heavy atom. The molecule has 45 heavy (non-hydrogen) atoms. The molecule has 0 saturated carbocycles. The Kier molecular flexibility index (Phi) is 8.73. The van der Waals surface area contributed by atoms with Gasteiger partial charge in [0.05, 0.1) is 0 Å². The molecule has 1 unspecified atom stereocenters. The predicted molar refractivity (Wildman–Crippen MR) is 189 cm³/mol. The third kappa shape index (κ3) is 6.43. The average molecular weight is 597 g/mol. The number of rotatable bonds is 8. The van der Waals surface area contributed by atoms with Gasteiger partial charge in [-0.05, 0) is 68.5 Å². The second-order valence-corrected chi connectivity index (χ2v) is 14.6. The van der Waals surface area contributed by atoms with Gasteiger partial charge in [0, 0.05) is 22.3 Å². The molecule has 5 aromatic carbocycles. The first kappa shape index (κ1) is 32.1. The molecule has 0 amide bonds. The van der Waals surface area contributed by atoms with Crippen LogP contribution in [0.5, 0.6) is 11.5 Å². The Morgan fingerprint density at radius 3 is 1.49 bits per heavy atom. The molecule has 0 heterocycles. The molecule has 0 saturated heterocycles. The van der Waals surface area contributed by atoms with Crippen molar-refractivity contribution in [2.45, 2.75) is 78.6 Å². The molecule has 0 bridgehead atoms. The summed E-state index contributed by atoms with van der Waals surface area (Å²) in [5.41, 5.74) is 9.72. The summed E-state index contributed by atoms with van der Waals surface area (Å²) in [6, 6.07) is 40.4. The zero-order valence-electron chi connectivity index (χ0n) is 28.1. The molecule has 0 fully saturated rings. The first-order valence-corrected chi connectivity index (χ1v) is 16.2. The van der Waals surface area contributed by atoms with Crippen LogP contribution < -0.4 is 0 Å². The number of hydrogen-bond acceptors (Lipinski definition) is 2. The van der Waals surface area contributed by atoms with Crippen LogP contribution in [0.4, 0.5) is 0 Å². The SMILES string of the molecule is CCc1cc(C(C)(C)c2ccc(C(C)(C)c3ccc(O)c(C(c4ccc(-c5ccccc5)cc4)C(C)(C)C)c3)cc2)ccc1O. The Hall–Kier alpha value is -4.30. The zero-order valence-corrected chi connectivity index (χ0v) is 28.1. The molecule has 1 atom stereocenters. The summed E-state index contributed by atoms with van der Waals surface area (Å²) in [5, 5.41) is 21.5. The molecule has 2 N–H and O–H groups in total. The molecule has 0 radical (unpaired) electrons. The molecule has 0 aromatic heterocycles. The van der Waals surface area contributed by atoms with Gasteiger partial charge in [-0.3, -0.25) is 0 Å². The summed E-state index contributed by atoms with van der Waals surface area (Å²) >= 11 is 0. The van der Waals surface area contributed by atoms with Gasteiger partial charge in [-0.1, -0.05) is 159 Å². The van der Waals surface area contributed by atoms with Crippen LogP contribution in [0, 0.1) is 5.41 Å². The van der Waals surface area contributed by atoms with E-state index in [1.807, 2.05) is 24.3 Å². The smallest absolute Gasteiger partial charge is 0.119 e. The van der Waals surface area contributed by atoms with E-state index >= 15 is 0 Å². The molecule has 0 aliphatic heterocycles. The predicted octanol–water partition coefficient (Wildman–Crippen LogP) is 11.2. The van der Waals surface area contributed by atoms with Crippen LogP contribution in [0.25, 0.3) is 11.1 Å². The van der Waals surface area contributed by atoms with Gasteiger partial charge in [-0.2, -0.15) is 0 Å². The molecule has 0 spiro atoms. The summed E-state index contributed by atoms with van der Waals surface area (Å²) in [5.74, 6) is 0.707. The van der Waals surface area contributed by atoms with Crippen LogP contribution in [0.15, 0.2) is 115 Å². The fraction of sp³-hybridized carbons (Fsp3) is 0.302. The van der Waals surface area contributed by atoms with Gasteiger partial charge in [-0.15, -0.1) is 0 Å². The van der Waals surface area contributed by atoms with Crippen molar-refractivity contribution in [3.8, 4) is 22.6 Å². The van der Waals surface area contributed by atoms with Crippen molar-refractivity contribution in [1.82, 2.24) is 0 Å². The normalized spacial score (nSPS) is 13.1. The van der Waals surface area contributed by atoms with E-state index in [-0.39, 0.29) is 22.2 Å². The van der Waals surface area contributed by atoms with E-state index in [4.69, 9.17) is 0 Å². The van der Waals surface area contributed by atoms with Gasteiger partial charge >= 0.3 is 0 Å². The van der Waals surface area contributed by atoms with Crippen LogP contribution in [0.2, 0.25) is 0 Å². The summed E-state index contributed by atoms with van der Waals surface area (Å²) in [4.78, 5) is 0. The van der Waals surface area contributed by atoms with E-state index < -0.39 is 0 Å². The third-order valence-corrected chi connectivity index (χ3v) is 9.79. The maximum atomic E-state index is 11.3. The van der Waals surface area contributed by atoms with Crippen molar-refractivity contribution in [2.24, 2.45) is 5.41 Å². The highest BCUT2D eigenvalue weighted by molar-refractivity contribution is 5.64. The Bertz CT molecular complexity index is 1750. The number of phenols is 2. The van der Waals surface area contributed by atoms with Crippen LogP contribution in [-0.2, 0) is 17.3 Å². The molecule has 2 nitrogen and oxygen atoms in total. The first-order chi connectivity index (χ1) is 21.2. The average Bonchev–Trinajstić information content (AvgIpc) is 3.02. The van der Waals surface area contributed by atoms with Crippen molar-refractivity contribution >= 4 is 0 Å². The highest BCUT2D eigenvalue weighted by atomic mass is 16.3. The third-order valence-electron chi connectivity index (χ3n) is 9.79. The molecule has 0 aliphatic rings. The lowest BCUT2D eigenvalue weighted by atomic mass is 9.70. The zero-order chi connectivity index (χ0) is 32.6. The van der Waals surface area contributed by atoms with Crippen LogP contribution in [-0.4, -0.2) is 10.2 Å². The van der Waals surface area contributed by atoms with Gasteiger partial charge in [0.2, 0.25) is 0 Å². The minimum atomic E-state index is -0.279. The van der Waals surface area contributed by atoms with Crippen molar-refractivity contribution in [2.75, 3.05) is 0 Å². The van der Waals surface area contributed by atoms with Crippen LogP contribution >= 0.6 is 0 Å². The van der Waals surface area contributed by atoms with E-state index in [0.29, 0.717) is 11.5 Å². The van der Waals surface area contributed by atoms with Crippen LogP contribution in [0.1, 0.15) is 100 Å². The second-order valence-electron chi connectivity index (χ2n) is 14.6. The molecule has 0 aliphatic carbocycles. The maximum Gasteiger partial charge on any atom is 0.119 e. The summed E-state index contributed by atoms with van der Waals surface area (Å²) in [6.07, 6.45) is 0.798. The second kappa shape index (κ2) is 12.2. The first-order valence-electron chi connectivity index (χ1n) is 16.2. The minimum absolute atomic E-state index is 0.0135. The van der Waals surface area contributed by atoms with E-state index in [1.54, 1.807) is 0 Å². The highest BCUT2D eigenvalue weighted by Crippen LogP contribution is 2.46. The lowest BCUT2D eigenvalue weighted by Crippen LogP contribution is -2.23. The molecule has 5 rings (SSSR count). The Morgan fingerprint density at radius 1 is 0.511 bits per heavy atom. The number of aromatic hydroxyl groups is 2. The van der Waals surface area contributed by atoms with Crippen molar-refractivity contribution in [3.05, 3.63) is 154 Å². The summed E-state index contributed by atoms with van der Waals surface area (Å²) < 4.78 is 0. The Balaban J connectivity index is 1.48. The van der Waals surface area contributed by atoms with Gasteiger partial charge in [0.1, 0.15) is 11.5 Å². The molecule has 232 valence electrons. The summed E-state index contributed by atoms with van der Waals surface area (Å²) in [7, 11) is 0. The molecule has 5 aromatic rings. The molecule has 2 heteroatoms. The summed E-state index contributed by atoms with van der Waals surface area (Å²) in [6.45, 7) is 17.8. The van der Waals surface area contributed by atoms with Gasteiger partial charge in [-0.25, -0.2) is 0 Å². The lowest BCUT2D eigenvalue weighted by molar-refractivity contribution is 0.347. The standard InChI is InChI=1S/C43H48O2/c1-9-29-27-35(23-25-38(29)44)42(5,6)33-19-21-34(22-20-33)43(7,8)36-24-26-39(45)37(28-36)40(41(2,3)4)32-17-15-31(16-18-32)30-13-11-10-12-14-30/h10-28,40,44-45H,9H2,1-8H3. The number of hydrogen-bond donors (Lipinski definition) is 2. The number of aryl methyl sites for hydroxylation is 1. The van der Waals surface area contributed by atoms with E-state index in [9.17, 15) is 10.2 Å². The largest absolute Gasteiger partial charge is 0.508 e. The van der Waals surface area contributed by atoms with Crippen molar-refractivity contribution in [3.63, 3.8) is 0 Å². The monoisotopic (exact) mass is 596 g/mol. The topological polar surface area (TPSA) is 40.5 Å². The molecular formula is C43H48O2. The fourth-order valence-corrected chi connectivity index (χ4v) is 6.71. The fourth-order valence-electron chi connectivity index (χ4n) is 6.71. The molecular weight excluding hydrogens is 548 g/mol. The quantitative estimate of drug-likeness (QED) is 0.187. The minimum Gasteiger partial charge on any atom is -0.508 e. The number of phenolic OH excluding ortho intramolecular Hbond substituents is 2. The van der Waals surface area contributed by atoms with Gasteiger partial charge in [0.15, 0.2) is 0 Å².